The molecule has 1 aromatic carbocycles. The van der Waals surface area contributed by atoms with E-state index in [2.05, 4.69) is 19.2 Å². The van der Waals surface area contributed by atoms with E-state index in [-0.39, 0.29) is 6.04 Å². The number of ether oxygens (including phenoxy) is 2. The Morgan fingerprint density at radius 3 is 2.95 bits per heavy atom. The summed E-state index contributed by atoms with van der Waals surface area (Å²) in [5, 5.41) is 8.20. The summed E-state index contributed by atoms with van der Waals surface area (Å²) in [6, 6.07) is 8.17. The summed E-state index contributed by atoms with van der Waals surface area (Å²) in [5.74, 6) is 0.834. The molecule has 0 amide bonds. The van der Waals surface area contributed by atoms with E-state index in [4.69, 9.17) is 14.6 Å². The van der Waals surface area contributed by atoms with Crippen LogP contribution in [0.3, 0.4) is 0 Å². The van der Waals surface area contributed by atoms with Crippen LogP contribution in [0.5, 0.6) is 5.75 Å². The number of hydrogen-bond donors (Lipinski definition) is 1. The standard InChI is InChI=1S/C16H21N3O2/c1-11-16(15-10-21-8-7-17-15)12(2)19(18-11)13-5-4-6-14(9-13)20-3/h4-6,9,15,17H,7-8,10H2,1-3H3/t15-/m1/s1. The van der Waals surface area contributed by atoms with Gasteiger partial charge in [-0.05, 0) is 26.0 Å². The van der Waals surface area contributed by atoms with Crippen LogP contribution in [-0.2, 0) is 4.74 Å². The largest absolute Gasteiger partial charge is 0.497 e. The smallest absolute Gasteiger partial charge is 0.121 e. The fourth-order valence-corrected chi connectivity index (χ4v) is 2.90. The van der Waals surface area contributed by atoms with E-state index in [0.717, 1.165) is 36.0 Å². The van der Waals surface area contributed by atoms with Gasteiger partial charge in [0.25, 0.3) is 0 Å². The number of aryl methyl sites for hydroxylation is 1. The normalized spacial score (nSPS) is 18.7. The Kier molecular flexibility index (Phi) is 3.94. The van der Waals surface area contributed by atoms with Crippen LogP contribution in [0.15, 0.2) is 24.3 Å². The molecule has 1 N–H and O–H groups in total. The van der Waals surface area contributed by atoms with Crippen molar-refractivity contribution in [1.29, 1.82) is 0 Å². The van der Waals surface area contributed by atoms with Gasteiger partial charge in [-0.2, -0.15) is 5.10 Å². The highest BCUT2D eigenvalue weighted by atomic mass is 16.5. The molecule has 0 unspecified atom stereocenters. The fraction of sp³-hybridized carbons (Fsp3) is 0.438. The van der Waals surface area contributed by atoms with E-state index >= 15 is 0 Å². The number of nitrogens with one attached hydrogen (secondary N) is 1. The summed E-state index contributed by atoms with van der Waals surface area (Å²) < 4.78 is 12.9. The molecule has 0 saturated carbocycles. The van der Waals surface area contributed by atoms with Crippen LogP contribution in [0, 0.1) is 13.8 Å². The van der Waals surface area contributed by atoms with Crippen molar-refractivity contribution >= 4 is 0 Å². The van der Waals surface area contributed by atoms with Gasteiger partial charge in [-0.1, -0.05) is 6.07 Å². The van der Waals surface area contributed by atoms with Crippen LogP contribution < -0.4 is 10.1 Å². The Morgan fingerprint density at radius 1 is 1.38 bits per heavy atom. The molecule has 0 radical (unpaired) electrons. The molecule has 1 fully saturated rings. The van der Waals surface area contributed by atoms with Crippen molar-refractivity contribution in [3.8, 4) is 11.4 Å². The van der Waals surface area contributed by atoms with Crippen LogP contribution in [0.4, 0.5) is 0 Å². The first-order valence-electron chi connectivity index (χ1n) is 7.22. The summed E-state index contributed by atoms with van der Waals surface area (Å²) in [5.41, 5.74) is 4.43. The average Bonchev–Trinajstić information content (AvgIpc) is 2.83. The van der Waals surface area contributed by atoms with Crippen molar-refractivity contribution in [2.75, 3.05) is 26.9 Å². The third kappa shape index (κ3) is 2.66. The van der Waals surface area contributed by atoms with Crippen molar-refractivity contribution < 1.29 is 9.47 Å². The Labute approximate surface area is 124 Å². The van der Waals surface area contributed by atoms with Gasteiger partial charge in [0.2, 0.25) is 0 Å². The first kappa shape index (κ1) is 14.1. The first-order chi connectivity index (χ1) is 10.2. The number of methoxy groups -OCH3 is 1. The molecular weight excluding hydrogens is 266 g/mol. The second-order valence-corrected chi connectivity index (χ2v) is 5.28. The predicted molar refractivity (Wildman–Crippen MR) is 81.2 cm³/mol. The van der Waals surface area contributed by atoms with Gasteiger partial charge in [-0.3, -0.25) is 0 Å². The molecule has 5 heteroatoms. The Balaban J connectivity index is 2.00. The zero-order valence-electron chi connectivity index (χ0n) is 12.7. The molecule has 1 aromatic heterocycles. The van der Waals surface area contributed by atoms with Crippen molar-refractivity contribution in [2.24, 2.45) is 0 Å². The zero-order chi connectivity index (χ0) is 14.8. The molecular formula is C16H21N3O2. The molecule has 2 heterocycles. The molecule has 0 spiro atoms. The second-order valence-electron chi connectivity index (χ2n) is 5.28. The van der Waals surface area contributed by atoms with E-state index < -0.39 is 0 Å². The summed E-state index contributed by atoms with van der Waals surface area (Å²) in [7, 11) is 1.68. The molecule has 1 aliphatic rings. The Bertz CT molecular complexity index is 630. The van der Waals surface area contributed by atoms with Crippen LogP contribution >= 0.6 is 0 Å². The molecule has 2 aromatic rings. The van der Waals surface area contributed by atoms with Crippen LogP contribution in [-0.4, -0.2) is 36.6 Å². The van der Waals surface area contributed by atoms with E-state index in [0.29, 0.717) is 6.61 Å². The van der Waals surface area contributed by atoms with Gasteiger partial charge in [0.15, 0.2) is 0 Å². The molecule has 0 aliphatic carbocycles. The number of nitrogens with zero attached hydrogens (tertiary/aromatic N) is 2. The minimum absolute atomic E-state index is 0.220. The fourth-order valence-electron chi connectivity index (χ4n) is 2.90. The number of morpholine rings is 1. The van der Waals surface area contributed by atoms with Gasteiger partial charge in [0.05, 0.1) is 37.7 Å². The van der Waals surface area contributed by atoms with Crippen LogP contribution in [0.2, 0.25) is 0 Å². The second kappa shape index (κ2) is 5.87. The maximum Gasteiger partial charge on any atom is 0.121 e. The summed E-state index contributed by atoms with van der Waals surface area (Å²) in [6.07, 6.45) is 0. The summed E-state index contributed by atoms with van der Waals surface area (Å²) >= 11 is 0. The van der Waals surface area contributed by atoms with E-state index in [1.165, 1.54) is 5.56 Å². The number of aromatic nitrogens is 2. The van der Waals surface area contributed by atoms with Crippen molar-refractivity contribution in [3.05, 3.63) is 41.2 Å². The monoisotopic (exact) mass is 287 g/mol. The van der Waals surface area contributed by atoms with Crippen molar-refractivity contribution in [2.45, 2.75) is 19.9 Å². The number of rotatable bonds is 3. The minimum atomic E-state index is 0.220. The summed E-state index contributed by atoms with van der Waals surface area (Å²) in [4.78, 5) is 0. The highest BCUT2D eigenvalue weighted by Gasteiger charge is 2.23. The van der Waals surface area contributed by atoms with E-state index in [9.17, 15) is 0 Å². The SMILES string of the molecule is COc1cccc(-n2nc(C)c([C@H]3COCCN3)c2C)c1. The van der Waals surface area contributed by atoms with E-state index in [1.54, 1.807) is 7.11 Å². The van der Waals surface area contributed by atoms with Crippen LogP contribution in [0.25, 0.3) is 5.69 Å². The molecule has 0 bridgehead atoms. The number of hydrogen-bond acceptors (Lipinski definition) is 4. The quantitative estimate of drug-likeness (QED) is 0.940. The maximum absolute atomic E-state index is 5.58. The van der Waals surface area contributed by atoms with Gasteiger partial charge in [0, 0.05) is 23.9 Å². The lowest BCUT2D eigenvalue weighted by molar-refractivity contribution is 0.0765. The van der Waals surface area contributed by atoms with Gasteiger partial charge in [-0.25, -0.2) is 4.68 Å². The molecule has 1 atom stereocenters. The van der Waals surface area contributed by atoms with Gasteiger partial charge >= 0.3 is 0 Å². The Hall–Kier alpha value is -1.85. The lowest BCUT2D eigenvalue weighted by Crippen LogP contribution is -2.35. The Morgan fingerprint density at radius 2 is 2.24 bits per heavy atom. The van der Waals surface area contributed by atoms with Crippen molar-refractivity contribution in [3.63, 3.8) is 0 Å². The van der Waals surface area contributed by atoms with Gasteiger partial charge < -0.3 is 14.8 Å². The average molecular weight is 287 g/mol. The topological polar surface area (TPSA) is 48.3 Å². The molecule has 1 saturated heterocycles. The van der Waals surface area contributed by atoms with Crippen LogP contribution in [0.1, 0.15) is 23.0 Å². The van der Waals surface area contributed by atoms with E-state index in [1.807, 2.05) is 28.9 Å². The molecule has 5 nitrogen and oxygen atoms in total. The summed E-state index contributed by atoms with van der Waals surface area (Å²) in [6.45, 7) is 6.51. The first-order valence-corrected chi connectivity index (χ1v) is 7.22. The van der Waals surface area contributed by atoms with Crippen molar-refractivity contribution in [1.82, 2.24) is 15.1 Å². The lowest BCUT2D eigenvalue weighted by Gasteiger charge is -2.24. The molecule has 21 heavy (non-hydrogen) atoms. The predicted octanol–water partition coefficient (Wildman–Crippen LogP) is 2.16. The molecule has 1 aliphatic heterocycles. The highest BCUT2D eigenvalue weighted by Crippen LogP contribution is 2.26. The third-order valence-corrected chi connectivity index (χ3v) is 3.92. The number of benzene rings is 1. The van der Waals surface area contributed by atoms with Gasteiger partial charge in [0.1, 0.15) is 5.75 Å². The third-order valence-electron chi connectivity index (χ3n) is 3.92. The zero-order valence-corrected chi connectivity index (χ0v) is 12.7. The van der Waals surface area contributed by atoms with Gasteiger partial charge in [-0.15, -0.1) is 0 Å². The minimum Gasteiger partial charge on any atom is -0.497 e. The molecule has 3 rings (SSSR count). The molecule has 112 valence electrons. The highest BCUT2D eigenvalue weighted by molar-refractivity contribution is 5.42. The maximum atomic E-state index is 5.58. The lowest BCUT2D eigenvalue weighted by atomic mass is 10.0.